The number of hydrogen-bond acceptors (Lipinski definition) is 4. The molecule has 0 aromatic heterocycles. The Morgan fingerprint density at radius 3 is 2.27 bits per heavy atom. The zero-order valence-electron chi connectivity index (χ0n) is 14.4. The number of carbonyl (C=O) groups is 3. The van der Waals surface area contributed by atoms with Crippen molar-refractivity contribution in [1.82, 2.24) is 5.32 Å². The van der Waals surface area contributed by atoms with E-state index in [1.54, 1.807) is 24.3 Å². The molecule has 0 bridgehead atoms. The van der Waals surface area contributed by atoms with Crippen molar-refractivity contribution in [2.45, 2.75) is 25.8 Å². The van der Waals surface area contributed by atoms with Crippen molar-refractivity contribution >= 4 is 29.3 Å². The Kier molecular flexibility index (Phi) is 7.36. The quantitative estimate of drug-likeness (QED) is 0.722. The first-order valence-corrected chi connectivity index (χ1v) is 8.55. The minimum absolute atomic E-state index is 0.0462. The fourth-order valence-electron chi connectivity index (χ4n) is 2.35. The molecule has 0 saturated carbocycles. The average molecular weight is 374 g/mol. The highest BCUT2D eigenvalue weighted by Gasteiger charge is 2.18. The van der Waals surface area contributed by atoms with Crippen LogP contribution >= 0.6 is 11.6 Å². The summed E-state index contributed by atoms with van der Waals surface area (Å²) in [5.41, 5.74) is 1.68. The molecule has 0 heterocycles. The van der Waals surface area contributed by atoms with E-state index in [1.807, 2.05) is 30.3 Å². The lowest BCUT2D eigenvalue weighted by Crippen LogP contribution is -2.43. The highest BCUT2D eigenvalue weighted by atomic mass is 35.5. The van der Waals surface area contributed by atoms with Gasteiger partial charge in [-0.3, -0.25) is 14.4 Å². The number of ether oxygens (including phenoxy) is 1. The number of amides is 1. The van der Waals surface area contributed by atoms with Crippen molar-refractivity contribution in [2.24, 2.45) is 0 Å². The Morgan fingerprint density at radius 1 is 1.00 bits per heavy atom. The van der Waals surface area contributed by atoms with Crippen LogP contribution in [-0.2, 0) is 32.0 Å². The Morgan fingerprint density at radius 2 is 1.65 bits per heavy atom. The first-order valence-electron chi connectivity index (χ1n) is 8.18. The average Bonchev–Trinajstić information content (AvgIpc) is 2.62. The summed E-state index contributed by atoms with van der Waals surface area (Å²) in [6, 6.07) is 15.5. The van der Waals surface area contributed by atoms with Crippen molar-refractivity contribution in [3.63, 3.8) is 0 Å². The summed E-state index contributed by atoms with van der Waals surface area (Å²) < 4.78 is 4.97. The number of carbonyl (C=O) groups excluding carboxylic acids is 3. The third kappa shape index (κ3) is 6.69. The third-order valence-corrected chi connectivity index (χ3v) is 3.99. The zero-order chi connectivity index (χ0) is 18.9. The molecule has 0 unspecified atom stereocenters. The highest BCUT2D eigenvalue weighted by Crippen LogP contribution is 2.10. The van der Waals surface area contributed by atoms with Gasteiger partial charge in [0.25, 0.3) is 5.91 Å². The Bertz CT molecular complexity index is 759. The van der Waals surface area contributed by atoms with E-state index in [1.165, 1.54) is 6.92 Å². The predicted octanol–water partition coefficient (Wildman–Crippen LogP) is 2.74. The molecule has 5 nitrogen and oxygen atoms in total. The smallest absolute Gasteiger partial charge is 0.310 e. The summed E-state index contributed by atoms with van der Waals surface area (Å²) in [6.45, 7) is 0.991. The number of rotatable bonds is 8. The molecule has 136 valence electrons. The molecule has 0 radical (unpaired) electrons. The van der Waals surface area contributed by atoms with Crippen molar-refractivity contribution in [2.75, 3.05) is 6.61 Å². The molecule has 0 spiro atoms. The summed E-state index contributed by atoms with van der Waals surface area (Å²) in [5.74, 6) is -1.19. The van der Waals surface area contributed by atoms with Gasteiger partial charge in [-0.15, -0.1) is 0 Å². The number of Topliss-reactive ketones (excluding diaryl/α,β-unsaturated/α-hetero) is 1. The van der Waals surface area contributed by atoms with Crippen LogP contribution in [0.2, 0.25) is 5.02 Å². The molecule has 0 aliphatic rings. The molecular weight excluding hydrogens is 354 g/mol. The van der Waals surface area contributed by atoms with Crippen LogP contribution in [0.4, 0.5) is 0 Å². The molecule has 1 amide bonds. The van der Waals surface area contributed by atoms with E-state index in [0.29, 0.717) is 11.4 Å². The van der Waals surface area contributed by atoms with Crippen molar-refractivity contribution in [3.05, 3.63) is 70.7 Å². The van der Waals surface area contributed by atoms with Gasteiger partial charge in [-0.2, -0.15) is 0 Å². The van der Waals surface area contributed by atoms with E-state index in [-0.39, 0.29) is 12.2 Å². The molecule has 1 N–H and O–H groups in total. The SMILES string of the molecule is CC(=O)[C@@H](Cc1ccccc1)NC(=O)COC(=O)Cc1ccc(Cl)cc1. The Labute approximate surface area is 157 Å². The van der Waals surface area contributed by atoms with Crippen LogP contribution in [0.25, 0.3) is 0 Å². The highest BCUT2D eigenvalue weighted by molar-refractivity contribution is 6.30. The second-order valence-corrected chi connectivity index (χ2v) is 6.32. The van der Waals surface area contributed by atoms with Crippen LogP contribution in [0.5, 0.6) is 0 Å². The molecule has 1 atom stereocenters. The summed E-state index contributed by atoms with van der Waals surface area (Å²) in [4.78, 5) is 35.6. The third-order valence-electron chi connectivity index (χ3n) is 3.73. The zero-order valence-corrected chi connectivity index (χ0v) is 15.2. The number of ketones is 1. The maximum atomic E-state index is 12.0. The number of halogens is 1. The molecule has 2 aromatic rings. The van der Waals surface area contributed by atoms with Crippen LogP contribution in [0, 0.1) is 0 Å². The van der Waals surface area contributed by atoms with Gasteiger partial charge in [0.15, 0.2) is 12.4 Å². The first kappa shape index (κ1) is 19.7. The van der Waals surface area contributed by atoms with Crippen LogP contribution < -0.4 is 5.32 Å². The van der Waals surface area contributed by atoms with Gasteiger partial charge in [-0.05, 0) is 36.6 Å². The lowest BCUT2D eigenvalue weighted by atomic mass is 10.0. The van der Waals surface area contributed by atoms with Gasteiger partial charge in [-0.1, -0.05) is 54.1 Å². The topological polar surface area (TPSA) is 72.5 Å². The van der Waals surface area contributed by atoms with Crippen molar-refractivity contribution in [3.8, 4) is 0 Å². The molecule has 0 aliphatic heterocycles. The van der Waals surface area contributed by atoms with Crippen LogP contribution in [0.3, 0.4) is 0 Å². The van der Waals surface area contributed by atoms with Gasteiger partial charge in [0.2, 0.25) is 0 Å². The van der Waals surface area contributed by atoms with E-state index >= 15 is 0 Å². The Balaban J connectivity index is 1.81. The first-order chi connectivity index (χ1) is 12.4. The standard InChI is InChI=1S/C20H20ClNO4/c1-14(23)18(11-15-5-3-2-4-6-15)22-19(24)13-26-20(25)12-16-7-9-17(21)10-8-16/h2-10,18H,11-13H2,1H3,(H,22,24)/t18-/m1/s1. The van der Waals surface area contributed by atoms with Gasteiger partial charge in [0, 0.05) is 5.02 Å². The maximum absolute atomic E-state index is 12.0. The minimum atomic E-state index is -0.653. The molecule has 26 heavy (non-hydrogen) atoms. The molecule has 2 rings (SSSR count). The fourth-order valence-corrected chi connectivity index (χ4v) is 2.47. The summed E-state index contributed by atoms with van der Waals surface area (Å²) >= 11 is 5.79. The lowest BCUT2D eigenvalue weighted by molar-refractivity contribution is -0.148. The summed E-state index contributed by atoms with van der Waals surface area (Å²) in [5, 5.41) is 3.19. The van der Waals surface area contributed by atoms with Gasteiger partial charge in [0.1, 0.15) is 0 Å². The van der Waals surface area contributed by atoms with Crippen LogP contribution in [-0.4, -0.2) is 30.3 Å². The van der Waals surface area contributed by atoms with Crippen molar-refractivity contribution in [1.29, 1.82) is 0 Å². The summed E-state index contributed by atoms with van der Waals surface area (Å²) in [7, 11) is 0. The Hall–Kier alpha value is -2.66. The molecule has 6 heteroatoms. The van der Waals surface area contributed by atoms with Gasteiger partial charge < -0.3 is 10.1 Å². The maximum Gasteiger partial charge on any atom is 0.310 e. The van der Waals surface area contributed by atoms with Crippen LogP contribution in [0.15, 0.2) is 54.6 Å². The second-order valence-electron chi connectivity index (χ2n) is 5.88. The number of hydrogen-bond donors (Lipinski definition) is 1. The predicted molar refractivity (Wildman–Crippen MR) is 98.9 cm³/mol. The van der Waals surface area contributed by atoms with E-state index in [0.717, 1.165) is 11.1 Å². The van der Waals surface area contributed by atoms with Gasteiger partial charge >= 0.3 is 5.97 Å². The monoisotopic (exact) mass is 373 g/mol. The lowest BCUT2D eigenvalue weighted by Gasteiger charge is -2.16. The molecule has 0 fully saturated rings. The number of esters is 1. The molecular formula is C20H20ClNO4. The van der Waals surface area contributed by atoms with Gasteiger partial charge in [0.05, 0.1) is 12.5 Å². The summed E-state index contributed by atoms with van der Waals surface area (Å²) in [6.07, 6.45) is 0.436. The van der Waals surface area contributed by atoms with Crippen molar-refractivity contribution < 1.29 is 19.1 Å². The normalized spacial score (nSPS) is 11.5. The van der Waals surface area contributed by atoms with Crippen LogP contribution in [0.1, 0.15) is 18.1 Å². The van der Waals surface area contributed by atoms with E-state index in [2.05, 4.69) is 5.32 Å². The fraction of sp³-hybridized carbons (Fsp3) is 0.250. The minimum Gasteiger partial charge on any atom is -0.455 e. The molecule has 0 saturated heterocycles. The molecule has 2 aromatic carbocycles. The second kappa shape index (κ2) is 9.73. The number of benzene rings is 2. The number of nitrogens with one attached hydrogen (secondary N) is 1. The van der Waals surface area contributed by atoms with E-state index < -0.39 is 24.5 Å². The largest absolute Gasteiger partial charge is 0.455 e. The van der Waals surface area contributed by atoms with E-state index in [4.69, 9.17) is 16.3 Å². The molecule has 0 aliphatic carbocycles. The van der Waals surface area contributed by atoms with E-state index in [9.17, 15) is 14.4 Å². The van der Waals surface area contributed by atoms with Gasteiger partial charge in [-0.25, -0.2) is 0 Å².